The summed E-state index contributed by atoms with van der Waals surface area (Å²) in [6.07, 6.45) is 2.16. The zero-order chi connectivity index (χ0) is 13.8. The van der Waals surface area contributed by atoms with Crippen LogP contribution in [0.15, 0.2) is 30.3 Å². The Hall–Kier alpha value is -1.35. The van der Waals surface area contributed by atoms with Gasteiger partial charge in [0.1, 0.15) is 6.04 Å². The molecule has 3 heteroatoms. The van der Waals surface area contributed by atoms with Gasteiger partial charge in [0, 0.05) is 6.54 Å². The minimum absolute atomic E-state index is 0.370. The van der Waals surface area contributed by atoms with Gasteiger partial charge in [-0.25, -0.2) is 0 Å². The van der Waals surface area contributed by atoms with E-state index < -0.39 is 5.97 Å². The predicted molar refractivity (Wildman–Crippen MR) is 76.3 cm³/mol. The highest BCUT2D eigenvalue weighted by Crippen LogP contribution is 2.35. The Morgan fingerprint density at radius 2 is 2.11 bits per heavy atom. The lowest BCUT2D eigenvalue weighted by atomic mass is 9.79. The molecule has 3 nitrogen and oxygen atoms in total. The number of likely N-dealkylation sites (tertiary alicyclic amines) is 1. The van der Waals surface area contributed by atoms with Crippen LogP contribution in [0.4, 0.5) is 0 Å². The van der Waals surface area contributed by atoms with Gasteiger partial charge in [0.15, 0.2) is 0 Å². The van der Waals surface area contributed by atoms with Crippen molar-refractivity contribution in [3.63, 3.8) is 0 Å². The van der Waals surface area contributed by atoms with E-state index in [0.717, 1.165) is 25.9 Å². The summed E-state index contributed by atoms with van der Waals surface area (Å²) in [6, 6.07) is 10.3. The molecule has 1 aliphatic heterocycles. The van der Waals surface area contributed by atoms with Gasteiger partial charge in [-0.05, 0) is 37.3 Å². The number of rotatable bonds is 4. The Balaban J connectivity index is 2.09. The first-order chi connectivity index (χ1) is 9.13. The number of hydrogen-bond acceptors (Lipinski definition) is 2. The van der Waals surface area contributed by atoms with Gasteiger partial charge in [-0.2, -0.15) is 0 Å². The smallest absolute Gasteiger partial charge is 0.320 e. The Kier molecular flexibility index (Phi) is 4.59. The molecule has 0 bridgehead atoms. The number of nitrogens with zero attached hydrogens (tertiary/aromatic N) is 1. The van der Waals surface area contributed by atoms with Gasteiger partial charge in [0.25, 0.3) is 0 Å². The van der Waals surface area contributed by atoms with Crippen molar-refractivity contribution < 1.29 is 9.90 Å². The van der Waals surface area contributed by atoms with Crippen molar-refractivity contribution >= 4 is 5.97 Å². The molecule has 0 aromatic heterocycles. The molecule has 0 amide bonds. The van der Waals surface area contributed by atoms with Crippen LogP contribution < -0.4 is 0 Å². The first-order valence-electron chi connectivity index (χ1n) is 7.15. The van der Waals surface area contributed by atoms with E-state index in [4.69, 9.17) is 5.11 Å². The fraction of sp³-hybridized carbons (Fsp3) is 0.562. The second-order valence-corrected chi connectivity index (χ2v) is 5.48. The number of aliphatic carboxylic acids is 1. The van der Waals surface area contributed by atoms with Crippen LogP contribution in [-0.4, -0.2) is 35.1 Å². The first-order valence-corrected chi connectivity index (χ1v) is 7.15. The fourth-order valence-electron chi connectivity index (χ4n) is 3.12. The maximum atomic E-state index is 11.1. The zero-order valence-electron chi connectivity index (χ0n) is 11.7. The highest BCUT2D eigenvalue weighted by atomic mass is 16.4. The molecule has 1 aromatic rings. The van der Waals surface area contributed by atoms with Crippen molar-refractivity contribution in [2.24, 2.45) is 5.92 Å². The van der Waals surface area contributed by atoms with Gasteiger partial charge in [-0.15, -0.1) is 0 Å². The van der Waals surface area contributed by atoms with Crippen LogP contribution in [0.3, 0.4) is 0 Å². The third kappa shape index (κ3) is 3.16. The molecule has 3 atom stereocenters. The van der Waals surface area contributed by atoms with Gasteiger partial charge in [0.2, 0.25) is 0 Å². The lowest BCUT2D eigenvalue weighted by Gasteiger charge is -2.40. The number of benzene rings is 1. The van der Waals surface area contributed by atoms with Crippen molar-refractivity contribution in [2.45, 2.75) is 38.6 Å². The summed E-state index contributed by atoms with van der Waals surface area (Å²) in [6.45, 7) is 5.76. The molecule has 1 heterocycles. The number of hydrogen-bond donors (Lipinski definition) is 1. The number of carboxylic acids is 1. The molecule has 2 rings (SSSR count). The number of piperidine rings is 1. The lowest BCUT2D eigenvalue weighted by molar-refractivity contribution is -0.143. The molecule has 0 saturated carbocycles. The summed E-state index contributed by atoms with van der Waals surface area (Å²) in [4.78, 5) is 13.2. The largest absolute Gasteiger partial charge is 0.480 e. The SMILES string of the molecule is CC[C@@H]1CN([C@H](C)C(=O)O)CC[C@@H]1c1ccccc1. The quantitative estimate of drug-likeness (QED) is 0.906. The molecule has 0 aliphatic carbocycles. The van der Waals surface area contributed by atoms with Crippen LogP contribution in [-0.2, 0) is 4.79 Å². The second-order valence-electron chi connectivity index (χ2n) is 5.48. The summed E-state index contributed by atoms with van der Waals surface area (Å²) in [7, 11) is 0. The molecule has 19 heavy (non-hydrogen) atoms. The van der Waals surface area contributed by atoms with E-state index in [2.05, 4.69) is 36.1 Å². The van der Waals surface area contributed by atoms with Crippen molar-refractivity contribution in [2.75, 3.05) is 13.1 Å². The molecule has 1 aliphatic rings. The van der Waals surface area contributed by atoms with E-state index >= 15 is 0 Å². The van der Waals surface area contributed by atoms with E-state index in [1.54, 1.807) is 6.92 Å². The molecular weight excluding hydrogens is 238 g/mol. The van der Waals surface area contributed by atoms with E-state index in [1.807, 2.05) is 6.07 Å². The average Bonchev–Trinajstić information content (AvgIpc) is 2.46. The van der Waals surface area contributed by atoms with Crippen molar-refractivity contribution in [1.82, 2.24) is 4.90 Å². The van der Waals surface area contributed by atoms with Crippen LogP contribution in [0, 0.1) is 5.92 Å². The maximum absolute atomic E-state index is 11.1. The van der Waals surface area contributed by atoms with Gasteiger partial charge in [-0.1, -0.05) is 43.7 Å². The van der Waals surface area contributed by atoms with Crippen LogP contribution in [0.1, 0.15) is 38.2 Å². The maximum Gasteiger partial charge on any atom is 0.320 e. The highest BCUT2D eigenvalue weighted by molar-refractivity contribution is 5.72. The molecule has 0 spiro atoms. The second kappa shape index (κ2) is 6.20. The van der Waals surface area contributed by atoms with Crippen molar-refractivity contribution in [3.05, 3.63) is 35.9 Å². The molecule has 104 valence electrons. The Labute approximate surface area is 115 Å². The van der Waals surface area contributed by atoms with Gasteiger partial charge >= 0.3 is 5.97 Å². The van der Waals surface area contributed by atoms with E-state index in [1.165, 1.54) is 5.56 Å². The number of carbonyl (C=O) groups is 1. The van der Waals surface area contributed by atoms with E-state index in [0.29, 0.717) is 11.8 Å². The fourth-order valence-corrected chi connectivity index (χ4v) is 3.12. The third-order valence-electron chi connectivity index (χ3n) is 4.42. The molecular formula is C16H23NO2. The van der Waals surface area contributed by atoms with Crippen molar-refractivity contribution in [1.29, 1.82) is 0 Å². The monoisotopic (exact) mass is 261 g/mol. The minimum atomic E-state index is -0.715. The lowest BCUT2D eigenvalue weighted by Crippen LogP contribution is -2.47. The summed E-state index contributed by atoms with van der Waals surface area (Å²) in [5, 5.41) is 9.13. The van der Waals surface area contributed by atoms with Crippen LogP contribution in [0.5, 0.6) is 0 Å². The molecule has 1 saturated heterocycles. The zero-order valence-corrected chi connectivity index (χ0v) is 11.7. The Morgan fingerprint density at radius 1 is 1.42 bits per heavy atom. The van der Waals surface area contributed by atoms with Crippen LogP contribution in [0.2, 0.25) is 0 Å². The predicted octanol–water partition coefficient (Wildman–Crippen LogP) is 2.98. The standard InChI is InChI=1S/C16H23NO2/c1-3-13-11-17(12(2)16(18)19)10-9-15(13)14-7-5-4-6-8-14/h4-8,12-13,15H,3,9-11H2,1-2H3,(H,18,19)/t12-,13-,15+/m1/s1. The minimum Gasteiger partial charge on any atom is -0.480 e. The van der Waals surface area contributed by atoms with Gasteiger partial charge in [-0.3, -0.25) is 9.69 Å². The van der Waals surface area contributed by atoms with Gasteiger partial charge in [0.05, 0.1) is 0 Å². The Morgan fingerprint density at radius 3 is 2.68 bits per heavy atom. The molecule has 0 radical (unpaired) electrons. The summed E-state index contributed by atoms with van der Waals surface area (Å²) < 4.78 is 0. The topological polar surface area (TPSA) is 40.5 Å². The summed E-state index contributed by atoms with van der Waals surface area (Å²) in [5.41, 5.74) is 1.40. The normalized spacial score (nSPS) is 26.0. The van der Waals surface area contributed by atoms with Crippen LogP contribution in [0.25, 0.3) is 0 Å². The molecule has 1 aromatic carbocycles. The van der Waals surface area contributed by atoms with Gasteiger partial charge < -0.3 is 5.11 Å². The Bertz CT molecular complexity index is 418. The van der Waals surface area contributed by atoms with Crippen LogP contribution >= 0.6 is 0 Å². The number of carboxylic acid groups (broad SMARTS) is 1. The first kappa shape index (κ1) is 14.1. The highest BCUT2D eigenvalue weighted by Gasteiger charge is 2.32. The van der Waals surface area contributed by atoms with E-state index in [-0.39, 0.29) is 6.04 Å². The average molecular weight is 261 g/mol. The molecule has 0 unspecified atom stereocenters. The van der Waals surface area contributed by atoms with E-state index in [9.17, 15) is 4.79 Å². The third-order valence-corrected chi connectivity index (χ3v) is 4.42. The molecule has 1 fully saturated rings. The van der Waals surface area contributed by atoms with Crippen molar-refractivity contribution in [3.8, 4) is 0 Å². The molecule has 1 N–H and O–H groups in total. The summed E-state index contributed by atoms with van der Waals surface area (Å²) in [5.74, 6) is 0.411. The summed E-state index contributed by atoms with van der Waals surface area (Å²) >= 11 is 0.